The Bertz CT molecular complexity index is 1460. The van der Waals surface area contributed by atoms with Crippen molar-refractivity contribution in [2.75, 3.05) is 13.9 Å². The lowest BCUT2D eigenvalue weighted by Crippen LogP contribution is -2.06. The van der Waals surface area contributed by atoms with E-state index in [2.05, 4.69) is 9.97 Å². The first-order valence-electron chi connectivity index (χ1n) is 8.60. The molecule has 0 saturated heterocycles. The van der Waals surface area contributed by atoms with Crippen LogP contribution in [0.4, 0.5) is 0 Å². The molecule has 0 radical (unpaired) electrons. The van der Waals surface area contributed by atoms with Crippen LogP contribution in [0.15, 0.2) is 47.3 Å². The van der Waals surface area contributed by atoms with Crippen molar-refractivity contribution < 1.29 is 14.2 Å². The minimum Gasteiger partial charge on any atom is -0.497 e. The van der Waals surface area contributed by atoms with E-state index >= 15 is 0 Å². The third-order valence-corrected chi connectivity index (χ3v) is 5.24. The average Bonchev–Trinajstić information content (AvgIpc) is 3.28. The highest BCUT2D eigenvalue weighted by atomic mass is 16.7. The van der Waals surface area contributed by atoms with Crippen molar-refractivity contribution in [3.63, 3.8) is 0 Å². The van der Waals surface area contributed by atoms with Gasteiger partial charge in [0.1, 0.15) is 5.75 Å². The summed E-state index contributed by atoms with van der Waals surface area (Å²) < 4.78 is 16.3. The third-order valence-electron chi connectivity index (χ3n) is 5.24. The molecule has 6 nitrogen and oxygen atoms in total. The normalized spacial score (nSPS) is 13.2. The predicted molar refractivity (Wildman–Crippen MR) is 104 cm³/mol. The Morgan fingerprint density at radius 2 is 1.52 bits per heavy atom. The molecule has 27 heavy (non-hydrogen) atoms. The van der Waals surface area contributed by atoms with Gasteiger partial charge in [-0.05, 0) is 41.8 Å². The van der Waals surface area contributed by atoms with Crippen molar-refractivity contribution in [1.29, 1.82) is 0 Å². The van der Waals surface area contributed by atoms with Gasteiger partial charge in [0.15, 0.2) is 11.5 Å². The SMILES string of the molecule is COc1ccc2[nH]c3cc4c(cc3c2c1)c(=O)[nH]c1cc2c(cc14)OCO2. The summed E-state index contributed by atoms with van der Waals surface area (Å²) in [4.78, 5) is 19.2. The molecule has 1 aliphatic rings. The van der Waals surface area contributed by atoms with Crippen LogP contribution in [0.25, 0.3) is 43.5 Å². The molecule has 3 aromatic carbocycles. The molecule has 6 rings (SSSR count). The molecule has 0 amide bonds. The number of hydrogen-bond donors (Lipinski definition) is 2. The predicted octanol–water partition coefficient (Wildman–Crippen LogP) is 4.05. The second-order valence-corrected chi connectivity index (χ2v) is 6.69. The molecule has 2 aromatic heterocycles. The minimum atomic E-state index is -0.129. The zero-order valence-electron chi connectivity index (χ0n) is 14.4. The number of ether oxygens (including phenoxy) is 3. The van der Waals surface area contributed by atoms with E-state index in [0.717, 1.165) is 43.8 Å². The molecule has 0 atom stereocenters. The number of hydrogen-bond acceptors (Lipinski definition) is 4. The van der Waals surface area contributed by atoms with Crippen molar-refractivity contribution >= 4 is 43.5 Å². The topological polar surface area (TPSA) is 76.3 Å². The Hall–Kier alpha value is -3.67. The van der Waals surface area contributed by atoms with Gasteiger partial charge in [-0.15, -0.1) is 0 Å². The molecule has 0 unspecified atom stereocenters. The van der Waals surface area contributed by atoms with E-state index in [9.17, 15) is 4.79 Å². The maximum Gasteiger partial charge on any atom is 0.256 e. The number of pyridine rings is 1. The Kier molecular flexibility index (Phi) is 2.65. The summed E-state index contributed by atoms with van der Waals surface area (Å²) >= 11 is 0. The van der Waals surface area contributed by atoms with Crippen molar-refractivity contribution in [2.45, 2.75) is 0 Å². The van der Waals surface area contributed by atoms with Crippen molar-refractivity contribution in [3.05, 3.63) is 52.8 Å². The fourth-order valence-electron chi connectivity index (χ4n) is 3.92. The van der Waals surface area contributed by atoms with Gasteiger partial charge in [0.2, 0.25) is 6.79 Å². The van der Waals surface area contributed by atoms with Gasteiger partial charge in [0.05, 0.1) is 12.6 Å². The van der Waals surface area contributed by atoms with Gasteiger partial charge in [-0.3, -0.25) is 4.79 Å². The maximum atomic E-state index is 12.8. The quantitative estimate of drug-likeness (QED) is 0.443. The van der Waals surface area contributed by atoms with Crippen LogP contribution in [-0.4, -0.2) is 23.9 Å². The smallest absolute Gasteiger partial charge is 0.256 e. The monoisotopic (exact) mass is 358 g/mol. The van der Waals surface area contributed by atoms with Gasteiger partial charge in [0.25, 0.3) is 5.56 Å². The fourth-order valence-corrected chi connectivity index (χ4v) is 3.92. The number of fused-ring (bicyclic) bond motifs is 7. The van der Waals surface area contributed by atoms with Gasteiger partial charge in [-0.2, -0.15) is 0 Å². The molecule has 3 heterocycles. The fraction of sp³-hybridized carbons (Fsp3) is 0.0952. The van der Waals surface area contributed by atoms with Crippen LogP contribution in [0.3, 0.4) is 0 Å². The first-order chi connectivity index (χ1) is 13.2. The van der Waals surface area contributed by atoms with Crippen LogP contribution < -0.4 is 19.8 Å². The molecule has 0 bridgehead atoms. The van der Waals surface area contributed by atoms with Crippen molar-refractivity contribution in [1.82, 2.24) is 9.97 Å². The van der Waals surface area contributed by atoms with E-state index in [1.54, 1.807) is 7.11 Å². The first kappa shape index (κ1) is 14.5. The molecule has 0 aliphatic carbocycles. The van der Waals surface area contributed by atoms with Crippen LogP contribution in [0, 0.1) is 0 Å². The zero-order chi connectivity index (χ0) is 18.1. The third kappa shape index (κ3) is 1.92. The van der Waals surface area contributed by atoms with Gasteiger partial charge < -0.3 is 24.2 Å². The highest BCUT2D eigenvalue weighted by Crippen LogP contribution is 2.38. The molecular weight excluding hydrogens is 344 g/mol. The van der Waals surface area contributed by atoms with Crippen LogP contribution in [0.2, 0.25) is 0 Å². The van der Waals surface area contributed by atoms with Gasteiger partial charge in [0, 0.05) is 38.6 Å². The van der Waals surface area contributed by atoms with E-state index < -0.39 is 0 Å². The largest absolute Gasteiger partial charge is 0.497 e. The highest BCUT2D eigenvalue weighted by Gasteiger charge is 2.17. The lowest BCUT2D eigenvalue weighted by atomic mass is 10.0. The Labute approximate surface area is 152 Å². The molecule has 1 aliphatic heterocycles. The van der Waals surface area contributed by atoms with Gasteiger partial charge >= 0.3 is 0 Å². The van der Waals surface area contributed by atoms with Crippen LogP contribution >= 0.6 is 0 Å². The lowest BCUT2D eigenvalue weighted by Gasteiger charge is -2.06. The lowest BCUT2D eigenvalue weighted by molar-refractivity contribution is 0.174. The molecular formula is C21H14N2O4. The summed E-state index contributed by atoms with van der Waals surface area (Å²) in [5.74, 6) is 2.12. The van der Waals surface area contributed by atoms with Gasteiger partial charge in [-0.25, -0.2) is 0 Å². The summed E-state index contributed by atoms with van der Waals surface area (Å²) in [5.41, 5.74) is 2.57. The summed E-state index contributed by atoms with van der Waals surface area (Å²) in [6, 6.07) is 13.6. The van der Waals surface area contributed by atoms with E-state index in [4.69, 9.17) is 14.2 Å². The first-order valence-corrected chi connectivity index (χ1v) is 8.60. The number of methoxy groups -OCH3 is 1. The highest BCUT2D eigenvalue weighted by molar-refractivity contribution is 6.16. The van der Waals surface area contributed by atoms with Crippen molar-refractivity contribution in [2.24, 2.45) is 0 Å². The summed E-state index contributed by atoms with van der Waals surface area (Å²) in [5, 5.41) is 4.45. The summed E-state index contributed by atoms with van der Waals surface area (Å²) in [6.45, 7) is 0.196. The number of nitrogens with one attached hydrogen (secondary N) is 2. The Morgan fingerprint density at radius 1 is 0.778 bits per heavy atom. The maximum absolute atomic E-state index is 12.8. The Balaban J connectivity index is 1.77. The molecule has 5 aromatic rings. The number of benzene rings is 3. The molecule has 132 valence electrons. The number of H-pyrrole nitrogens is 2. The van der Waals surface area contributed by atoms with Crippen LogP contribution in [0.1, 0.15) is 0 Å². The van der Waals surface area contributed by atoms with Crippen LogP contribution in [0.5, 0.6) is 17.2 Å². The molecule has 6 heteroatoms. The molecule has 0 saturated carbocycles. The standard InChI is InChI=1S/C21H14N2O4/c1-25-10-2-3-16-12(4-10)13-5-15-11(6-17(13)22-16)14-7-19-20(27-9-26-19)8-18(14)23-21(15)24/h2-8,22H,9H2,1H3,(H,23,24). The summed E-state index contributed by atoms with van der Waals surface area (Å²) in [6.07, 6.45) is 0. The zero-order valence-corrected chi connectivity index (χ0v) is 14.4. The van der Waals surface area contributed by atoms with E-state index in [-0.39, 0.29) is 12.4 Å². The van der Waals surface area contributed by atoms with E-state index in [1.807, 2.05) is 42.5 Å². The molecule has 0 fully saturated rings. The second-order valence-electron chi connectivity index (χ2n) is 6.69. The minimum absolute atomic E-state index is 0.129. The number of aromatic nitrogens is 2. The van der Waals surface area contributed by atoms with Crippen molar-refractivity contribution in [3.8, 4) is 17.2 Å². The second kappa shape index (κ2) is 4.94. The van der Waals surface area contributed by atoms with Crippen LogP contribution in [-0.2, 0) is 0 Å². The van der Waals surface area contributed by atoms with Gasteiger partial charge in [-0.1, -0.05) is 0 Å². The average molecular weight is 358 g/mol. The summed E-state index contributed by atoms with van der Waals surface area (Å²) in [7, 11) is 1.65. The molecule has 2 N–H and O–H groups in total. The van der Waals surface area contributed by atoms with E-state index in [1.165, 1.54) is 0 Å². The van der Waals surface area contributed by atoms with E-state index in [0.29, 0.717) is 16.9 Å². The number of aromatic amines is 2. The molecule has 0 spiro atoms. The Morgan fingerprint density at radius 3 is 2.37 bits per heavy atom. The number of rotatable bonds is 1.